The maximum Gasteiger partial charge on any atom is 0.227 e. The summed E-state index contributed by atoms with van der Waals surface area (Å²) in [6.07, 6.45) is 0.774. The molecule has 5 nitrogen and oxygen atoms in total. The number of likely N-dealkylation sites (N-methyl/N-ethyl adjacent to an activating group) is 1. The molecule has 3 N–H and O–H groups in total. The summed E-state index contributed by atoms with van der Waals surface area (Å²) >= 11 is 0. The first-order valence-corrected chi connectivity index (χ1v) is 8.25. The Kier molecular flexibility index (Phi) is 7.10. The number of hydrogen-bond acceptors (Lipinski definition) is 4. The molecule has 0 aromatic rings. The molecule has 1 amide bonds. The summed E-state index contributed by atoms with van der Waals surface area (Å²) in [6, 6.07) is 0.404. The second-order valence-corrected chi connectivity index (χ2v) is 6.98. The van der Waals surface area contributed by atoms with Gasteiger partial charge in [0.2, 0.25) is 5.91 Å². The minimum atomic E-state index is -0.441. The lowest BCUT2D eigenvalue weighted by atomic mass is 9.86. The summed E-state index contributed by atoms with van der Waals surface area (Å²) < 4.78 is 0. The zero-order valence-electron chi connectivity index (χ0n) is 14.5. The second kappa shape index (κ2) is 8.11. The lowest BCUT2D eigenvalue weighted by molar-refractivity contribution is -0.130. The van der Waals surface area contributed by atoms with Crippen LogP contribution in [0, 0.1) is 11.3 Å². The molecule has 1 aliphatic rings. The number of rotatable bonds is 7. The van der Waals surface area contributed by atoms with Crippen molar-refractivity contribution in [2.24, 2.45) is 17.1 Å². The fraction of sp³-hybridized carbons (Fsp3) is 0.938. The van der Waals surface area contributed by atoms with Crippen LogP contribution in [-0.2, 0) is 4.79 Å². The molecule has 124 valence electrons. The normalized spacial score (nSPS) is 22.0. The predicted octanol–water partition coefficient (Wildman–Crippen LogP) is 0.750. The van der Waals surface area contributed by atoms with E-state index in [2.05, 4.69) is 36.0 Å². The largest absolute Gasteiger partial charge is 0.354 e. The van der Waals surface area contributed by atoms with E-state index >= 15 is 0 Å². The molecule has 1 aliphatic heterocycles. The number of nitrogens with two attached hydrogens (primary N) is 1. The van der Waals surface area contributed by atoms with Crippen LogP contribution in [-0.4, -0.2) is 68.1 Å². The van der Waals surface area contributed by atoms with Crippen molar-refractivity contribution < 1.29 is 4.79 Å². The molecule has 0 radical (unpaired) electrons. The summed E-state index contributed by atoms with van der Waals surface area (Å²) in [5.41, 5.74) is 5.33. The van der Waals surface area contributed by atoms with E-state index in [4.69, 9.17) is 5.73 Å². The highest BCUT2D eigenvalue weighted by atomic mass is 16.2. The molecule has 2 atom stereocenters. The highest BCUT2D eigenvalue weighted by Crippen LogP contribution is 2.20. The maximum absolute atomic E-state index is 12.4. The van der Waals surface area contributed by atoms with Crippen molar-refractivity contribution in [2.75, 3.05) is 46.3 Å². The van der Waals surface area contributed by atoms with Gasteiger partial charge in [0, 0.05) is 45.3 Å². The van der Waals surface area contributed by atoms with E-state index in [0.717, 1.165) is 39.1 Å². The highest BCUT2D eigenvalue weighted by molar-refractivity contribution is 5.82. The second-order valence-electron chi connectivity index (χ2n) is 6.98. The van der Waals surface area contributed by atoms with Gasteiger partial charge in [-0.25, -0.2) is 0 Å². The average molecular weight is 298 g/mol. The van der Waals surface area contributed by atoms with Crippen molar-refractivity contribution in [1.82, 2.24) is 15.1 Å². The lowest BCUT2D eigenvalue weighted by Gasteiger charge is -2.40. The van der Waals surface area contributed by atoms with E-state index in [9.17, 15) is 4.79 Å². The van der Waals surface area contributed by atoms with Crippen LogP contribution < -0.4 is 11.1 Å². The van der Waals surface area contributed by atoms with Crippen LogP contribution in [0.4, 0.5) is 0 Å². The standard InChI is InChI=1S/C16H34N4O/c1-6-16(4,12-17)15(21)18-11-14(13(2)3)20-9-7-19(5)8-10-20/h13-14H,6-12,17H2,1-5H3,(H,18,21). The summed E-state index contributed by atoms with van der Waals surface area (Å²) in [7, 11) is 2.16. The molecule has 21 heavy (non-hydrogen) atoms. The van der Waals surface area contributed by atoms with Crippen LogP contribution in [0.5, 0.6) is 0 Å². The van der Waals surface area contributed by atoms with E-state index in [1.165, 1.54) is 0 Å². The Morgan fingerprint density at radius 3 is 2.29 bits per heavy atom. The predicted molar refractivity (Wildman–Crippen MR) is 88.2 cm³/mol. The Hall–Kier alpha value is -0.650. The number of carbonyl (C=O) groups excluding carboxylic acids is 1. The molecule has 0 aromatic carbocycles. The summed E-state index contributed by atoms with van der Waals surface area (Å²) in [4.78, 5) is 17.2. The number of hydrogen-bond donors (Lipinski definition) is 2. The van der Waals surface area contributed by atoms with E-state index in [-0.39, 0.29) is 5.91 Å². The van der Waals surface area contributed by atoms with Crippen LogP contribution in [0.1, 0.15) is 34.1 Å². The van der Waals surface area contributed by atoms with Gasteiger partial charge < -0.3 is 16.0 Å². The molecule has 0 spiro atoms. The number of nitrogens with one attached hydrogen (secondary N) is 1. The average Bonchev–Trinajstić information content (AvgIpc) is 2.47. The van der Waals surface area contributed by atoms with E-state index in [0.29, 0.717) is 18.5 Å². The molecule has 0 saturated carbocycles. The Labute approximate surface area is 130 Å². The molecule has 1 heterocycles. The summed E-state index contributed by atoms with van der Waals surface area (Å²) in [6.45, 7) is 13.9. The van der Waals surface area contributed by atoms with Crippen molar-refractivity contribution in [3.05, 3.63) is 0 Å². The van der Waals surface area contributed by atoms with E-state index in [1.807, 2.05) is 13.8 Å². The molecule has 1 saturated heterocycles. The van der Waals surface area contributed by atoms with Crippen molar-refractivity contribution in [3.8, 4) is 0 Å². The fourth-order valence-electron chi connectivity index (χ4n) is 2.75. The number of amides is 1. The Morgan fingerprint density at radius 1 is 1.29 bits per heavy atom. The highest BCUT2D eigenvalue weighted by Gasteiger charge is 2.31. The molecule has 5 heteroatoms. The van der Waals surface area contributed by atoms with Gasteiger partial charge in [0.1, 0.15) is 0 Å². The molecule has 0 bridgehead atoms. The van der Waals surface area contributed by atoms with Gasteiger partial charge in [0.15, 0.2) is 0 Å². The quantitative estimate of drug-likeness (QED) is 0.728. The first-order valence-electron chi connectivity index (χ1n) is 8.25. The fourth-order valence-corrected chi connectivity index (χ4v) is 2.75. The van der Waals surface area contributed by atoms with Crippen LogP contribution >= 0.6 is 0 Å². The Morgan fingerprint density at radius 2 is 1.86 bits per heavy atom. The Balaban J connectivity index is 2.57. The van der Waals surface area contributed by atoms with Crippen LogP contribution in [0.25, 0.3) is 0 Å². The van der Waals surface area contributed by atoms with E-state index < -0.39 is 5.41 Å². The van der Waals surface area contributed by atoms with Crippen molar-refractivity contribution >= 4 is 5.91 Å². The number of piperazine rings is 1. The monoisotopic (exact) mass is 298 g/mol. The zero-order valence-corrected chi connectivity index (χ0v) is 14.5. The third-order valence-electron chi connectivity index (χ3n) is 5.03. The molecule has 1 fully saturated rings. The minimum Gasteiger partial charge on any atom is -0.354 e. The van der Waals surface area contributed by atoms with Gasteiger partial charge in [0.05, 0.1) is 5.41 Å². The van der Waals surface area contributed by atoms with Crippen LogP contribution in [0.3, 0.4) is 0 Å². The lowest BCUT2D eigenvalue weighted by Crippen LogP contribution is -2.55. The first kappa shape index (κ1) is 18.4. The maximum atomic E-state index is 12.4. The van der Waals surface area contributed by atoms with Crippen molar-refractivity contribution in [3.63, 3.8) is 0 Å². The van der Waals surface area contributed by atoms with Gasteiger partial charge >= 0.3 is 0 Å². The smallest absolute Gasteiger partial charge is 0.227 e. The summed E-state index contributed by atoms with van der Waals surface area (Å²) in [5, 5.41) is 3.14. The van der Waals surface area contributed by atoms with Gasteiger partial charge in [-0.15, -0.1) is 0 Å². The van der Waals surface area contributed by atoms with Gasteiger partial charge in [-0.1, -0.05) is 20.8 Å². The van der Waals surface area contributed by atoms with Gasteiger partial charge in [-0.05, 0) is 26.3 Å². The van der Waals surface area contributed by atoms with Crippen molar-refractivity contribution in [2.45, 2.75) is 40.2 Å². The van der Waals surface area contributed by atoms with Crippen LogP contribution in [0.15, 0.2) is 0 Å². The minimum absolute atomic E-state index is 0.0901. The molecular weight excluding hydrogens is 264 g/mol. The zero-order chi connectivity index (χ0) is 16.0. The number of nitrogens with zero attached hydrogens (tertiary/aromatic N) is 2. The van der Waals surface area contributed by atoms with Gasteiger partial charge in [-0.3, -0.25) is 9.69 Å². The van der Waals surface area contributed by atoms with Crippen molar-refractivity contribution in [1.29, 1.82) is 0 Å². The molecular formula is C16H34N4O. The number of carbonyl (C=O) groups is 1. The van der Waals surface area contributed by atoms with Gasteiger partial charge in [0.25, 0.3) is 0 Å². The third kappa shape index (κ3) is 4.94. The van der Waals surface area contributed by atoms with Crippen LogP contribution in [0.2, 0.25) is 0 Å². The topological polar surface area (TPSA) is 61.6 Å². The Bertz CT molecular complexity index is 320. The SMILES string of the molecule is CCC(C)(CN)C(=O)NCC(C(C)C)N1CCN(C)CC1. The molecule has 0 aliphatic carbocycles. The van der Waals surface area contributed by atoms with E-state index in [1.54, 1.807) is 0 Å². The first-order chi connectivity index (χ1) is 9.84. The molecule has 2 unspecified atom stereocenters. The summed E-state index contributed by atoms with van der Waals surface area (Å²) in [5.74, 6) is 0.617. The molecule has 1 rings (SSSR count). The third-order valence-corrected chi connectivity index (χ3v) is 5.03. The van der Waals surface area contributed by atoms with Gasteiger partial charge in [-0.2, -0.15) is 0 Å². The molecule has 0 aromatic heterocycles.